The molecule has 1 aliphatic heterocycles. The van der Waals surface area contributed by atoms with Crippen LogP contribution in [0.1, 0.15) is 27.4 Å². The number of hydrogen-bond donors (Lipinski definition) is 2. The molecule has 1 atom stereocenters. The van der Waals surface area contributed by atoms with Gasteiger partial charge in [-0.1, -0.05) is 66.7 Å². The highest BCUT2D eigenvalue weighted by Crippen LogP contribution is 2.43. The fraction of sp³-hybridized carbons (Fsp3) is 0.133. The average molecular weight is 523 g/mol. The molecule has 196 valence electrons. The van der Waals surface area contributed by atoms with E-state index in [1.54, 1.807) is 48.5 Å². The van der Waals surface area contributed by atoms with Gasteiger partial charge in [-0.2, -0.15) is 5.26 Å². The van der Waals surface area contributed by atoms with Crippen molar-refractivity contribution < 1.29 is 23.9 Å². The molecule has 1 amide bonds. The summed E-state index contributed by atoms with van der Waals surface area (Å²) in [6.07, 6.45) is 0. The minimum atomic E-state index is -0.980. The number of rotatable bonds is 7. The van der Waals surface area contributed by atoms with Crippen LogP contribution in [0.3, 0.4) is 0 Å². The van der Waals surface area contributed by atoms with Crippen molar-refractivity contribution in [3.05, 3.63) is 124 Å². The van der Waals surface area contributed by atoms with Gasteiger partial charge in [-0.25, -0.2) is 9.59 Å². The summed E-state index contributed by atoms with van der Waals surface area (Å²) >= 11 is 0. The van der Waals surface area contributed by atoms with Crippen LogP contribution in [0.2, 0.25) is 0 Å². The standard InChI is InChI=1S/C30H26N4O5/c1-38-29(36)25-24(20-12-7-4-8-13-20)23(17-31)27(32)34(26(25)30(37)39-2)22-15-9-14-21(16-22)28(35)33-18-19-10-5-3-6-11-19/h3-16,24H,18,32H2,1-2H3,(H,33,35). The number of nitrogens with two attached hydrogens (primary N) is 1. The number of hydrogen-bond acceptors (Lipinski definition) is 8. The fourth-order valence-electron chi connectivity index (χ4n) is 4.45. The molecule has 1 aliphatic rings. The molecule has 0 bridgehead atoms. The number of nitrogens with one attached hydrogen (secondary N) is 1. The number of amides is 1. The Labute approximate surface area is 225 Å². The van der Waals surface area contributed by atoms with Crippen molar-refractivity contribution in [2.45, 2.75) is 12.5 Å². The maximum atomic E-state index is 13.2. The van der Waals surface area contributed by atoms with Crippen molar-refractivity contribution in [1.29, 1.82) is 5.26 Å². The normalized spacial score (nSPS) is 14.9. The zero-order valence-electron chi connectivity index (χ0n) is 21.4. The molecular weight excluding hydrogens is 496 g/mol. The molecule has 4 rings (SSSR count). The molecule has 3 N–H and O–H groups in total. The summed E-state index contributed by atoms with van der Waals surface area (Å²) in [6.45, 7) is 0.312. The van der Waals surface area contributed by atoms with Crippen LogP contribution in [0.25, 0.3) is 0 Å². The van der Waals surface area contributed by atoms with Crippen LogP contribution in [0.15, 0.2) is 108 Å². The molecule has 1 heterocycles. The Kier molecular flexibility index (Phi) is 8.07. The third-order valence-electron chi connectivity index (χ3n) is 6.27. The number of carbonyl (C=O) groups excluding carboxylic acids is 3. The second kappa shape index (κ2) is 11.8. The van der Waals surface area contributed by atoms with Crippen LogP contribution in [0.4, 0.5) is 5.69 Å². The van der Waals surface area contributed by atoms with E-state index in [1.807, 2.05) is 30.3 Å². The summed E-state index contributed by atoms with van der Waals surface area (Å²) in [6, 6.07) is 26.6. The molecular formula is C30H26N4O5. The summed E-state index contributed by atoms with van der Waals surface area (Å²) in [7, 11) is 2.36. The molecule has 9 heteroatoms. The molecule has 0 fully saturated rings. The zero-order chi connectivity index (χ0) is 27.9. The molecule has 0 saturated heterocycles. The fourth-order valence-corrected chi connectivity index (χ4v) is 4.45. The highest BCUT2D eigenvalue weighted by atomic mass is 16.5. The maximum Gasteiger partial charge on any atom is 0.355 e. The van der Waals surface area contributed by atoms with Gasteiger partial charge in [0.15, 0.2) is 0 Å². The van der Waals surface area contributed by atoms with Crippen LogP contribution in [-0.2, 0) is 25.6 Å². The van der Waals surface area contributed by atoms with Crippen molar-refractivity contribution in [3.8, 4) is 6.07 Å². The van der Waals surface area contributed by atoms with Gasteiger partial charge in [0.25, 0.3) is 5.91 Å². The number of anilines is 1. The SMILES string of the molecule is COC(=O)C1=C(C(=O)OC)N(c2cccc(C(=O)NCc3ccccc3)c2)C(N)=C(C#N)C1c1ccccc1. The summed E-state index contributed by atoms with van der Waals surface area (Å²) < 4.78 is 10.1. The Hall–Kier alpha value is -5.36. The molecule has 0 aromatic heterocycles. The lowest BCUT2D eigenvalue weighted by molar-refractivity contribution is -0.139. The maximum absolute atomic E-state index is 13.2. The molecule has 0 spiro atoms. The monoisotopic (exact) mass is 522 g/mol. The first kappa shape index (κ1) is 26.7. The third-order valence-corrected chi connectivity index (χ3v) is 6.27. The van der Waals surface area contributed by atoms with E-state index in [-0.39, 0.29) is 39.8 Å². The molecule has 39 heavy (non-hydrogen) atoms. The Balaban J connectivity index is 1.84. The number of benzene rings is 3. The number of ether oxygens (including phenoxy) is 2. The highest BCUT2D eigenvalue weighted by molar-refractivity contribution is 6.06. The van der Waals surface area contributed by atoms with Crippen molar-refractivity contribution in [2.24, 2.45) is 5.73 Å². The minimum Gasteiger partial charge on any atom is -0.466 e. The second-order valence-electron chi connectivity index (χ2n) is 8.55. The van der Waals surface area contributed by atoms with E-state index in [0.717, 1.165) is 5.56 Å². The minimum absolute atomic E-state index is 0.0354. The van der Waals surface area contributed by atoms with E-state index in [2.05, 4.69) is 11.4 Å². The summed E-state index contributed by atoms with van der Waals surface area (Å²) in [5.41, 5.74) is 8.29. The van der Waals surface area contributed by atoms with E-state index < -0.39 is 17.9 Å². The summed E-state index contributed by atoms with van der Waals surface area (Å²) in [4.78, 5) is 40.6. The summed E-state index contributed by atoms with van der Waals surface area (Å²) in [5, 5.41) is 13.0. The van der Waals surface area contributed by atoms with Crippen molar-refractivity contribution in [2.75, 3.05) is 19.1 Å². The van der Waals surface area contributed by atoms with E-state index in [4.69, 9.17) is 15.2 Å². The van der Waals surface area contributed by atoms with Gasteiger partial charge < -0.3 is 20.5 Å². The number of nitrogens with zero attached hydrogens (tertiary/aromatic N) is 2. The van der Waals surface area contributed by atoms with Crippen molar-refractivity contribution in [1.82, 2.24) is 5.32 Å². The largest absolute Gasteiger partial charge is 0.466 e. The molecule has 9 nitrogen and oxygen atoms in total. The zero-order valence-corrected chi connectivity index (χ0v) is 21.4. The Morgan fingerprint density at radius 3 is 2.18 bits per heavy atom. The predicted molar refractivity (Wildman–Crippen MR) is 144 cm³/mol. The first-order chi connectivity index (χ1) is 18.9. The number of esters is 2. The number of allylic oxidation sites excluding steroid dienone is 1. The number of nitriles is 1. The van der Waals surface area contributed by atoms with Gasteiger partial charge in [-0.15, -0.1) is 0 Å². The summed E-state index contributed by atoms with van der Waals surface area (Å²) in [5.74, 6) is -3.12. The van der Waals surface area contributed by atoms with Crippen LogP contribution >= 0.6 is 0 Å². The molecule has 1 unspecified atom stereocenters. The average Bonchev–Trinajstić information content (AvgIpc) is 2.99. The lowest BCUT2D eigenvalue weighted by Crippen LogP contribution is -2.40. The Morgan fingerprint density at radius 2 is 1.56 bits per heavy atom. The molecule has 3 aromatic rings. The van der Waals surface area contributed by atoms with Gasteiger partial charge in [-0.3, -0.25) is 9.69 Å². The van der Waals surface area contributed by atoms with Gasteiger partial charge in [0, 0.05) is 17.8 Å². The van der Waals surface area contributed by atoms with Gasteiger partial charge in [0.1, 0.15) is 11.5 Å². The number of carbonyl (C=O) groups is 3. The van der Waals surface area contributed by atoms with E-state index in [1.165, 1.54) is 25.2 Å². The number of methoxy groups -OCH3 is 2. The topological polar surface area (TPSA) is 135 Å². The smallest absolute Gasteiger partial charge is 0.355 e. The molecule has 3 aromatic carbocycles. The van der Waals surface area contributed by atoms with Gasteiger partial charge >= 0.3 is 11.9 Å². The Morgan fingerprint density at radius 1 is 0.923 bits per heavy atom. The molecule has 0 saturated carbocycles. The van der Waals surface area contributed by atoms with E-state index >= 15 is 0 Å². The van der Waals surface area contributed by atoms with Gasteiger partial charge in [0.05, 0.1) is 37.4 Å². The first-order valence-corrected chi connectivity index (χ1v) is 12.0. The van der Waals surface area contributed by atoms with Crippen LogP contribution in [-0.4, -0.2) is 32.1 Å². The lowest BCUT2D eigenvalue weighted by Gasteiger charge is -2.36. The van der Waals surface area contributed by atoms with Crippen molar-refractivity contribution >= 4 is 23.5 Å². The third kappa shape index (κ3) is 5.36. The first-order valence-electron chi connectivity index (χ1n) is 12.0. The predicted octanol–water partition coefficient (Wildman–Crippen LogP) is 3.51. The lowest BCUT2D eigenvalue weighted by atomic mass is 9.81. The van der Waals surface area contributed by atoms with E-state index in [9.17, 15) is 19.6 Å². The quantitative estimate of drug-likeness (QED) is 0.450. The Bertz CT molecular complexity index is 1510. The van der Waals surface area contributed by atoms with Gasteiger partial charge in [0.2, 0.25) is 0 Å². The highest BCUT2D eigenvalue weighted by Gasteiger charge is 2.43. The van der Waals surface area contributed by atoms with Crippen LogP contribution in [0.5, 0.6) is 0 Å². The van der Waals surface area contributed by atoms with Crippen molar-refractivity contribution in [3.63, 3.8) is 0 Å². The van der Waals surface area contributed by atoms with Crippen LogP contribution in [0, 0.1) is 11.3 Å². The van der Waals surface area contributed by atoms with E-state index in [0.29, 0.717) is 12.1 Å². The second-order valence-corrected chi connectivity index (χ2v) is 8.55. The molecule has 0 aliphatic carbocycles. The molecule has 0 radical (unpaired) electrons. The van der Waals surface area contributed by atoms with Gasteiger partial charge in [-0.05, 0) is 29.3 Å². The van der Waals surface area contributed by atoms with Crippen LogP contribution < -0.4 is 16.0 Å².